The number of hydrogen-bond acceptors (Lipinski definition) is 4. The van der Waals surface area contributed by atoms with Gasteiger partial charge in [0.15, 0.2) is 11.5 Å². The molecule has 1 fully saturated rings. The summed E-state index contributed by atoms with van der Waals surface area (Å²) in [5, 5.41) is 0. The van der Waals surface area contributed by atoms with E-state index in [1.165, 1.54) is 38.4 Å². The van der Waals surface area contributed by atoms with E-state index in [1.807, 2.05) is 0 Å². The van der Waals surface area contributed by atoms with Crippen LogP contribution >= 0.6 is 0 Å². The first-order chi connectivity index (χ1) is 8.33. The number of nitrogens with two attached hydrogens (primary N) is 1. The summed E-state index contributed by atoms with van der Waals surface area (Å²) in [5.41, 5.74) is 7.22. The zero-order chi connectivity index (χ0) is 11.7. The first-order valence-electron chi connectivity index (χ1n) is 6.28. The molecule has 0 bridgehead atoms. The van der Waals surface area contributed by atoms with Crippen molar-refractivity contribution in [1.29, 1.82) is 0 Å². The number of H-pyrrole nitrogens is 1. The van der Waals surface area contributed by atoms with Crippen molar-refractivity contribution in [2.24, 2.45) is 5.92 Å². The number of imidazole rings is 1. The number of fused-ring (bicyclic) bond motifs is 1. The van der Waals surface area contributed by atoms with Crippen LogP contribution in [0.25, 0.3) is 11.2 Å². The van der Waals surface area contributed by atoms with Crippen molar-refractivity contribution in [2.45, 2.75) is 38.5 Å². The van der Waals surface area contributed by atoms with E-state index in [0.29, 0.717) is 11.5 Å². The number of hydrogen-bond donors (Lipinski definition) is 2. The van der Waals surface area contributed by atoms with Crippen LogP contribution in [-0.2, 0) is 6.42 Å². The first-order valence-corrected chi connectivity index (χ1v) is 6.28. The summed E-state index contributed by atoms with van der Waals surface area (Å²) in [7, 11) is 0. The molecular weight excluding hydrogens is 214 g/mol. The third-order valence-corrected chi connectivity index (χ3v) is 3.63. The number of nitrogen functional groups attached to an aromatic ring is 1. The highest BCUT2D eigenvalue weighted by Crippen LogP contribution is 2.28. The van der Waals surface area contributed by atoms with Crippen LogP contribution in [0.2, 0.25) is 0 Å². The number of aromatic nitrogens is 4. The van der Waals surface area contributed by atoms with E-state index in [4.69, 9.17) is 5.73 Å². The second kappa shape index (κ2) is 4.31. The number of nitrogens with zero attached hydrogens (tertiary/aromatic N) is 3. The van der Waals surface area contributed by atoms with Crippen molar-refractivity contribution in [2.75, 3.05) is 5.73 Å². The van der Waals surface area contributed by atoms with Crippen LogP contribution in [-0.4, -0.2) is 19.9 Å². The maximum absolute atomic E-state index is 5.77. The lowest BCUT2D eigenvalue weighted by Gasteiger charge is -2.05. The minimum Gasteiger partial charge on any atom is -0.382 e. The van der Waals surface area contributed by atoms with Gasteiger partial charge in [-0.3, -0.25) is 0 Å². The topological polar surface area (TPSA) is 80.5 Å². The first kappa shape index (κ1) is 10.5. The van der Waals surface area contributed by atoms with Crippen molar-refractivity contribution in [3.63, 3.8) is 0 Å². The van der Waals surface area contributed by atoms with Gasteiger partial charge in [-0.05, 0) is 12.3 Å². The highest BCUT2D eigenvalue weighted by atomic mass is 15.0. The van der Waals surface area contributed by atoms with E-state index in [-0.39, 0.29) is 0 Å². The van der Waals surface area contributed by atoms with Gasteiger partial charge in [-0.25, -0.2) is 15.0 Å². The van der Waals surface area contributed by atoms with Crippen molar-refractivity contribution in [3.8, 4) is 0 Å². The van der Waals surface area contributed by atoms with Crippen LogP contribution in [0.3, 0.4) is 0 Å². The van der Waals surface area contributed by atoms with Crippen LogP contribution in [0, 0.1) is 5.92 Å². The van der Waals surface area contributed by atoms with Crippen LogP contribution in [0.15, 0.2) is 6.33 Å². The SMILES string of the molecule is Nc1ncnc2nc(CCC3CCCC3)[nH]c12. The second-order valence-electron chi connectivity index (χ2n) is 4.83. The molecule has 0 atom stereocenters. The summed E-state index contributed by atoms with van der Waals surface area (Å²) < 4.78 is 0. The molecule has 5 heteroatoms. The smallest absolute Gasteiger partial charge is 0.183 e. The number of nitrogens with one attached hydrogen (secondary N) is 1. The highest BCUT2D eigenvalue weighted by molar-refractivity contribution is 5.80. The average molecular weight is 231 g/mol. The molecule has 0 aliphatic heterocycles. The lowest BCUT2D eigenvalue weighted by molar-refractivity contribution is 0.498. The monoisotopic (exact) mass is 231 g/mol. The second-order valence-corrected chi connectivity index (χ2v) is 4.83. The molecule has 0 aromatic carbocycles. The Hall–Kier alpha value is -1.65. The summed E-state index contributed by atoms with van der Waals surface area (Å²) in [6.07, 6.45) is 9.20. The van der Waals surface area contributed by atoms with Gasteiger partial charge in [0.2, 0.25) is 0 Å². The van der Waals surface area contributed by atoms with Crippen LogP contribution in [0.5, 0.6) is 0 Å². The minimum atomic E-state index is 0.481. The van der Waals surface area contributed by atoms with Crippen LogP contribution in [0.4, 0.5) is 5.82 Å². The highest BCUT2D eigenvalue weighted by Gasteiger charge is 2.16. The third-order valence-electron chi connectivity index (χ3n) is 3.63. The normalized spacial score (nSPS) is 16.9. The lowest BCUT2D eigenvalue weighted by atomic mass is 10.0. The zero-order valence-electron chi connectivity index (χ0n) is 9.82. The Bertz CT molecular complexity index is 513. The van der Waals surface area contributed by atoms with E-state index >= 15 is 0 Å². The van der Waals surface area contributed by atoms with Gasteiger partial charge >= 0.3 is 0 Å². The van der Waals surface area contributed by atoms with E-state index in [0.717, 1.165) is 23.7 Å². The van der Waals surface area contributed by atoms with Gasteiger partial charge in [0.05, 0.1) is 0 Å². The molecule has 2 heterocycles. The molecule has 17 heavy (non-hydrogen) atoms. The Kier molecular flexibility index (Phi) is 2.66. The molecule has 90 valence electrons. The van der Waals surface area contributed by atoms with Crippen molar-refractivity contribution < 1.29 is 0 Å². The van der Waals surface area contributed by atoms with Crippen molar-refractivity contribution >= 4 is 17.0 Å². The van der Waals surface area contributed by atoms with E-state index < -0.39 is 0 Å². The molecule has 5 nitrogen and oxygen atoms in total. The van der Waals surface area contributed by atoms with Gasteiger partial charge in [0.1, 0.15) is 17.7 Å². The number of rotatable bonds is 3. The zero-order valence-corrected chi connectivity index (χ0v) is 9.82. The molecule has 3 rings (SSSR count). The summed E-state index contributed by atoms with van der Waals surface area (Å²) in [5.74, 6) is 2.35. The molecule has 0 unspecified atom stereocenters. The van der Waals surface area contributed by atoms with Gasteiger partial charge in [-0.1, -0.05) is 25.7 Å². The largest absolute Gasteiger partial charge is 0.382 e. The van der Waals surface area contributed by atoms with Crippen LogP contribution in [0.1, 0.15) is 37.9 Å². The number of anilines is 1. The molecule has 1 saturated carbocycles. The quantitative estimate of drug-likeness (QED) is 0.847. The molecule has 3 N–H and O–H groups in total. The Morgan fingerprint density at radius 2 is 2.12 bits per heavy atom. The molecule has 2 aromatic rings. The lowest BCUT2D eigenvalue weighted by Crippen LogP contribution is -1.97. The predicted molar refractivity (Wildman–Crippen MR) is 66.4 cm³/mol. The summed E-state index contributed by atoms with van der Waals surface area (Å²) in [6.45, 7) is 0. The molecule has 2 aromatic heterocycles. The molecule has 0 saturated heterocycles. The maximum atomic E-state index is 5.77. The molecule has 0 amide bonds. The predicted octanol–water partition coefficient (Wildman–Crippen LogP) is 2.06. The summed E-state index contributed by atoms with van der Waals surface area (Å²) in [4.78, 5) is 15.7. The fraction of sp³-hybridized carbons (Fsp3) is 0.583. The van der Waals surface area contributed by atoms with Gasteiger partial charge in [0.25, 0.3) is 0 Å². The molecule has 1 aliphatic rings. The van der Waals surface area contributed by atoms with Crippen LogP contribution < -0.4 is 5.73 Å². The molecular formula is C12H17N5. The minimum absolute atomic E-state index is 0.481. The van der Waals surface area contributed by atoms with Gasteiger partial charge < -0.3 is 10.7 Å². The van der Waals surface area contributed by atoms with Gasteiger partial charge in [-0.15, -0.1) is 0 Å². The van der Waals surface area contributed by atoms with Gasteiger partial charge in [-0.2, -0.15) is 0 Å². The van der Waals surface area contributed by atoms with E-state index in [2.05, 4.69) is 19.9 Å². The molecule has 1 aliphatic carbocycles. The summed E-state index contributed by atoms with van der Waals surface area (Å²) >= 11 is 0. The molecule has 0 spiro atoms. The summed E-state index contributed by atoms with van der Waals surface area (Å²) in [6, 6.07) is 0. The molecule has 0 radical (unpaired) electrons. The Labute approximate surface area is 99.9 Å². The fourth-order valence-corrected chi connectivity index (χ4v) is 2.65. The van der Waals surface area contributed by atoms with E-state index in [9.17, 15) is 0 Å². The van der Waals surface area contributed by atoms with E-state index in [1.54, 1.807) is 0 Å². The fourth-order valence-electron chi connectivity index (χ4n) is 2.65. The Morgan fingerprint density at radius 3 is 2.88 bits per heavy atom. The van der Waals surface area contributed by atoms with Crippen molar-refractivity contribution in [1.82, 2.24) is 19.9 Å². The number of aromatic amines is 1. The maximum Gasteiger partial charge on any atom is 0.183 e. The van der Waals surface area contributed by atoms with Gasteiger partial charge in [0, 0.05) is 6.42 Å². The average Bonchev–Trinajstić information content (AvgIpc) is 2.95. The third kappa shape index (κ3) is 2.09. The number of aryl methyl sites for hydroxylation is 1. The Balaban J connectivity index is 1.74. The van der Waals surface area contributed by atoms with Crippen molar-refractivity contribution in [3.05, 3.63) is 12.2 Å². The standard InChI is InChI=1S/C12H17N5/c13-11-10-12(15-7-14-11)17-9(16-10)6-5-8-3-1-2-4-8/h7-8H,1-6H2,(H3,13,14,15,16,17). The Morgan fingerprint density at radius 1 is 1.29 bits per heavy atom.